The van der Waals surface area contributed by atoms with Crippen LogP contribution in [0.3, 0.4) is 0 Å². The summed E-state index contributed by atoms with van der Waals surface area (Å²) in [4.78, 5) is 31.9. The highest BCUT2D eigenvalue weighted by atomic mass is 16.5. The molecular formula is C22H29N5O4. The molecule has 31 heavy (non-hydrogen) atoms. The number of aromatic nitrogens is 2. The number of nitrogens with zero attached hydrogens (tertiary/aromatic N) is 3. The molecule has 1 saturated heterocycles. The Morgan fingerprint density at radius 1 is 1.10 bits per heavy atom. The maximum absolute atomic E-state index is 12.9. The lowest BCUT2D eigenvalue weighted by Crippen LogP contribution is -2.48. The minimum atomic E-state index is -0.653. The maximum atomic E-state index is 12.9. The SMILES string of the molecule is Cc1nc(C2(NC(=O)Nc3cccc(C(=O)N4CCOCC4)c3)CCCCCC2)no1. The molecule has 1 saturated carbocycles. The third kappa shape index (κ3) is 5.04. The predicted molar refractivity (Wildman–Crippen MR) is 114 cm³/mol. The van der Waals surface area contributed by atoms with Crippen LogP contribution in [0.2, 0.25) is 0 Å². The van der Waals surface area contributed by atoms with E-state index in [9.17, 15) is 9.59 Å². The zero-order chi connectivity index (χ0) is 21.7. The van der Waals surface area contributed by atoms with Gasteiger partial charge in [-0.3, -0.25) is 4.79 Å². The van der Waals surface area contributed by atoms with E-state index in [0.29, 0.717) is 49.3 Å². The number of nitrogens with one attached hydrogen (secondary N) is 2. The highest BCUT2D eigenvalue weighted by molar-refractivity contribution is 5.97. The van der Waals surface area contributed by atoms with Crippen molar-refractivity contribution in [1.82, 2.24) is 20.4 Å². The van der Waals surface area contributed by atoms with Crippen LogP contribution < -0.4 is 10.6 Å². The summed E-state index contributed by atoms with van der Waals surface area (Å²) in [5, 5.41) is 10.1. The van der Waals surface area contributed by atoms with Gasteiger partial charge in [-0.15, -0.1) is 0 Å². The number of rotatable bonds is 4. The van der Waals surface area contributed by atoms with E-state index >= 15 is 0 Å². The fourth-order valence-electron chi connectivity index (χ4n) is 4.29. The molecule has 2 aromatic rings. The first-order valence-corrected chi connectivity index (χ1v) is 10.9. The van der Waals surface area contributed by atoms with Crippen LogP contribution in [0.5, 0.6) is 0 Å². The van der Waals surface area contributed by atoms with E-state index < -0.39 is 5.54 Å². The van der Waals surface area contributed by atoms with E-state index in [2.05, 4.69) is 20.8 Å². The summed E-state index contributed by atoms with van der Waals surface area (Å²) in [6.07, 6.45) is 5.72. The van der Waals surface area contributed by atoms with Gasteiger partial charge in [0.2, 0.25) is 5.89 Å². The molecule has 1 aromatic heterocycles. The largest absolute Gasteiger partial charge is 0.378 e. The standard InChI is InChI=1S/C22H29N5O4/c1-16-23-20(26-31-16)22(9-4-2-3-5-10-22)25-21(29)24-18-8-6-7-17(15-18)19(28)27-11-13-30-14-12-27/h6-8,15H,2-5,9-14H2,1H3,(H2,24,25,29). The Kier molecular flexibility index (Phi) is 6.50. The molecule has 0 spiro atoms. The first-order valence-electron chi connectivity index (χ1n) is 10.9. The number of anilines is 1. The lowest BCUT2D eigenvalue weighted by molar-refractivity contribution is 0.0303. The van der Waals surface area contributed by atoms with Crippen LogP contribution in [0.4, 0.5) is 10.5 Å². The maximum Gasteiger partial charge on any atom is 0.320 e. The molecule has 2 fully saturated rings. The molecule has 2 aliphatic rings. The van der Waals surface area contributed by atoms with Gasteiger partial charge in [0.05, 0.1) is 13.2 Å². The van der Waals surface area contributed by atoms with Gasteiger partial charge in [-0.25, -0.2) is 4.79 Å². The number of carbonyl (C=O) groups is 2. The van der Waals surface area contributed by atoms with Crippen molar-refractivity contribution in [2.24, 2.45) is 0 Å². The fraction of sp³-hybridized carbons (Fsp3) is 0.545. The molecule has 9 nitrogen and oxygen atoms in total. The Morgan fingerprint density at radius 3 is 2.52 bits per heavy atom. The molecule has 0 bridgehead atoms. The molecule has 1 aliphatic carbocycles. The van der Waals surface area contributed by atoms with Crippen LogP contribution in [0.1, 0.15) is 60.6 Å². The highest BCUT2D eigenvalue weighted by Gasteiger charge is 2.39. The normalized spacial score (nSPS) is 18.8. The van der Waals surface area contributed by atoms with Crippen LogP contribution in [0, 0.1) is 6.92 Å². The average molecular weight is 428 g/mol. The lowest BCUT2D eigenvalue weighted by Gasteiger charge is -2.30. The zero-order valence-electron chi connectivity index (χ0n) is 17.9. The Hall–Kier alpha value is -2.94. The van der Waals surface area contributed by atoms with Crippen LogP contribution in [0.15, 0.2) is 28.8 Å². The van der Waals surface area contributed by atoms with Crippen molar-refractivity contribution in [3.63, 3.8) is 0 Å². The van der Waals surface area contributed by atoms with Crippen LogP contribution in [-0.4, -0.2) is 53.3 Å². The average Bonchev–Trinajstić information content (AvgIpc) is 3.09. The molecule has 0 unspecified atom stereocenters. The van der Waals surface area contributed by atoms with Gasteiger partial charge in [0.1, 0.15) is 5.54 Å². The van der Waals surface area contributed by atoms with E-state index in [1.54, 1.807) is 36.1 Å². The van der Waals surface area contributed by atoms with Gasteiger partial charge in [0, 0.05) is 31.3 Å². The van der Waals surface area contributed by atoms with Gasteiger partial charge in [0.15, 0.2) is 5.82 Å². The van der Waals surface area contributed by atoms with Gasteiger partial charge in [-0.2, -0.15) is 4.98 Å². The molecule has 0 atom stereocenters. The van der Waals surface area contributed by atoms with E-state index in [1.807, 2.05) is 0 Å². The summed E-state index contributed by atoms with van der Waals surface area (Å²) < 4.78 is 10.5. The van der Waals surface area contributed by atoms with E-state index in [4.69, 9.17) is 9.26 Å². The number of carbonyl (C=O) groups excluding carboxylic acids is 2. The zero-order valence-corrected chi connectivity index (χ0v) is 17.9. The molecule has 2 N–H and O–H groups in total. The second-order valence-corrected chi connectivity index (χ2v) is 8.20. The second-order valence-electron chi connectivity index (χ2n) is 8.20. The van der Waals surface area contributed by atoms with Crippen LogP contribution in [0.25, 0.3) is 0 Å². The van der Waals surface area contributed by atoms with Crippen molar-refractivity contribution in [2.45, 2.75) is 51.0 Å². The number of aryl methyl sites for hydroxylation is 1. The topological polar surface area (TPSA) is 110 Å². The fourth-order valence-corrected chi connectivity index (χ4v) is 4.29. The van der Waals surface area contributed by atoms with E-state index in [0.717, 1.165) is 38.5 Å². The summed E-state index contributed by atoms with van der Waals surface area (Å²) >= 11 is 0. The third-order valence-corrected chi connectivity index (χ3v) is 5.93. The Morgan fingerprint density at radius 2 is 1.84 bits per heavy atom. The third-order valence-electron chi connectivity index (χ3n) is 5.93. The van der Waals surface area contributed by atoms with Crippen molar-refractivity contribution in [1.29, 1.82) is 0 Å². The molecular weight excluding hydrogens is 398 g/mol. The van der Waals surface area contributed by atoms with Gasteiger partial charge in [-0.05, 0) is 31.0 Å². The number of amides is 3. The molecule has 0 radical (unpaired) electrons. The Balaban J connectivity index is 1.47. The second kappa shape index (κ2) is 9.47. The van der Waals surface area contributed by atoms with Crippen LogP contribution in [-0.2, 0) is 10.3 Å². The minimum Gasteiger partial charge on any atom is -0.378 e. The van der Waals surface area contributed by atoms with Crippen LogP contribution >= 0.6 is 0 Å². The number of hydrogen-bond donors (Lipinski definition) is 2. The molecule has 3 amide bonds. The van der Waals surface area contributed by atoms with Gasteiger partial charge in [-0.1, -0.05) is 36.9 Å². The van der Waals surface area contributed by atoms with Crippen molar-refractivity contribution in [3.8, 4) is 0 Å². The number of morpholine rings is 1. The van der Waals surface area contributed by atoms with E-state index in [-0.39, 0.29) is 11.9 Å². The summed E-state index contributed by atoms with van der Waals surface area (Å²) in [5.74, 6) is 0.948. The molecule has 4 rings (SSSR count). The highest BCUT2D eigenvalue weighted by Crippen LogP contribution is 2.34. The lowest BCUT2D eigenvalue weighted by atomic mass is 9.89. The number of hydrogen-bond acceptors (Lipinski definition) is 6. The Bertz CT molecular complexity index is 914. The van der Waals surface area contributed by atoms with Gasteiger partial charge >= 0.3 is 6.03 Å². The molecule has 2 heterocycles. The quantitative estimate of drug-likeness (QED) is 0.725. The molecule has 166 valence electrons. The summed E-state index contributed by atoms with van der Waals surface area (Å²) in [6.45, 7) is 3.98. The minimum absolute atomic E-state index is 0.0603. The first-order chi connectivity index (χ1) is 15.1. The Labute approximate surface area is 181 Å². The monoisotopic (exact) mass is 427 g/mol. The number of benzene rings is 1. The van der Waals surface area contributed by atoms with Crippen molar-refractivity contribution < 1.29 is 18.8 Å². The molecule has 9 heteroatoms. The smallest absolute Gasteiger partial charge is 0.320 e. The number of ether oxygens (including phenoxy) is 1. The predicted octanol–water partition coefficient (Wildman–Crippen LogP) is 3.22. The molecule has 1 aromatic carbocycles. The van der Waals surface area contributed by atoms with Gasteiger partial charge in [0.25, 0.3) is 5.91 Å². The van der Waals surface area contributed by atoms with E-state index in [1.165, 1.54) is 0 Å². The summed E-state index contributed by atoms with van der Waals surface area (Å²) in [5.41, 5.74) is 0.446. The summed E-state index contributed by atoms with van der Waals surface area (Å²) in [6, 6.07) is 6.66. The summed E-state index contributed by atoms with van der Waals surface area (Å²) in [7, 11) is 0. The number of urea groups is 1. The van der Waals surface area contributed by atoms with Crippen molar-refractivity contribution in [3.05, 3.63) is 41.5 Å². The van der Waals surface area contributed by atoms with Crippen molar-refractivity contribution >= 4 is 17.6 Å². The molecule has 1 aliphatic heterocycles. The first kappa shape index (κ1) is 21.3. The van der Waals surface area contributed by atoms with Gasteiger partial charge < -0.3 is 24.8 Å². The van der Waals surface area contributed by atoms with Crippen molar-refractivity contribution in [2.75, 3.05) is 31.6 Å².